The number of aliphatic imine (C=N–C) groups is 1. The van der Waals surface area contributed by atoms with E-state index in [2.05, 4.69) is 58.8 Å². The van der Waals surface area contributed by atoms with E-state index in [0.29, 0.717) is 25.0 Å². The molecule has 0 saturated heterocycles. The molecule has 0 bridgehead atoms. The summed E-state index contributed by atoms with van der Waals surface area (Å²) in [4.78, 5) is 6.50. The molecule has 0 saturated carbocycles. The molecule has 0 aliphatic carbocycles. The van der Waals surface area contributed by atoms with Gasteiger partial charge in [0, 0.05) is 39.0 Å². The van der Waals surface area contributed by atoms with Gasteiger partial charge in [-0.1, -0.05) is 30.3 Å². The zero-order chi connectivity index (χ0) is 18.7. The Kier molecular flexibility index (Phi) is 12.9. The van der Waals surface area contributed by atoms with Crippen molar-refractivity contribution in [2.45, 2.75) is 32.4 Å². The van der Waals surface area contributed by atoms with Crippen LogP contribution in [0.15, 0.2) is 35.3 Å². The summed E-state index contributed by atoms with van der Waals surface area (Å²) in [6, 6.07) is 10.9. The van der Waals surface area contributed by atoms with Crippen LogP contribution in [-0.4, -0.2) is 64.5 Å². The summed E-state index contributed by atoms with van der Waals surface area (Å²) in [6.45, 7) is 4.55. The molecule has 0 aliphatic heterocycles. The number of halogens is 1. The Hall–Kier alpha value is -0.870. The van der Waals surface area contributed by atoms with Crippen molar-refractivity contribution < 1.29 is 8.42 Å². The lowest BCUT2D eigenvalue weighted by atomic mass is 10.1. The Balaban J connectivity index is 0.00000625. The van der Waals surface area contributed by atoms with Gasteiger partial charge in [0.15, 0.2) is 5.96 Å². The van der Waals surface area contributed by atoms with Crippen molar-refractivity contribution in [1.29, 1.82) is 0 Å². The maximum atomic E-state index is 11.1. The van der Waals surface area contributed by atoms with Gasteiger partial charge in [0.25, 0.3) is 0 Å². The van der Waals surface area contributed by atoms with Crippen LogP contribution in [0.2, 0.25) is 0 Å². The first kappa shape index (κ1) is 25.1. The van der Waals surface area contributed by atoms with Crippen LogP contribution >= 0.6 is 24.0 Å². The summed E-state index contributed by atoms with van der Waals surface area (Å²) < 4.78 is 22.2. The predicted octanol–water partition coefficient (Wildman–Crippen LogP) is 2.11. The lowest BCUT2D eigenvalue weighted by molar-refractivity contribution is 0.238. The monoisotopic (exact) mass is 496 g/mol. The van der Waals surface area contributed by atoms with Gasteiger partial charge < -0.3 is 10.6 Å². The molecular formula is C18H33IN4O2S. The standard InChI is InChI=1S/C18H32N4O2S.HI/c1-16(22(3)15-17-9-6-5-7-10-17)11-13-21-18(19-2)20-12-8-14-25(4,23)24;/h5-7,9-10,16H,8,11-15H2,1-4H3,(H2,19,20,21);1H. The summed E-state index contributed by atoms with van der Waals surface area (Å²) in [7, 11) is 0.956. The molecule has 1 atom stereocenters. The third-order valence-corrected chi connectivity index (χ3v) is 5.12. The molecule has 26 heavy (non-hydrogen) atoms. The molecule has 0 radical (unpaired) electrons. The van der Waals surface area contributed by atoms with Gasteiger partial charge in [0.1, 0.15) is 9.84 Å². The van der Waals surface area contributed by atoms with E-state index in [4.69, 9.17) is 0 Å². The minimum atomic E-state index is -2.90. The minimum Gasteiger partial charge on any atom is -0.356 e. The van der Waals surface area contributed by atoms with Crippen molar-refractivity contribution in [3.8, 4) is 0 Å². The van der Waals surface area contributed by atoms with E-state index in [0.717, 1.165) is 19.5 Å². The Bertz CT molecular complexity index is 623. The van der Waals surface area contributed by atoms with E-state index in [1.54, 1.807) is 7.05 Å². The van der Waals surface area contributed by atoms with Crippen LogP contribution in [0, 0.1) is 0 Å². The van der Waals surface area contributed by atoms with Crippen molar-refractivity contribution in [3.05, 3.63) is 35.9 Å². The number of hydrogen-bond acceptors (Lipinski definition) is 4. The van der Waals surface area contributed by atoms with Crippen molar-refractivity contribution in [2.75, 3.05) is 39.2 Å². The highest BCUT2D eigenvalue weighted by molar-refractivity contribution is 14.0. The van der Waals surface area contributed by atoms with Crippen LogP contribution in [-0.2, 0) is 16.4 Å². The summed E-state index contributed by atoms with van der Waals surface area (Å²) in [5, 5.41) is 6.43. The summed E-state index contributed by atoms with van der Waals surface area (Å²) in [5.74, 6) is 0.907. The van der Waals surface area contributed by atoms with Crippen LogP contribution in [0.5, 0.6) is 0 Å². The van der Waals surface area contributed by atoms with Crippen LogP contribution in [0.25, 0.3) is 0 Å². The highest BCUT2D eigenvalue weighted by atomic mass is 127. The van der Waals surface area contributed by atoms with E-state index in [1.807, 2.05) is 6.07 Å². The van der Waals surface area contributed by atoms with E-state index in [1.165, 1.54) is 11.8 Å². The van der Waals surface area contributed by atoms with Gasteiger partial charge >= 0.3 is 0 Å². The summed E-state index contributed by atoms with van der Waals surface area (Å²) >= 11 is 0. The lowest BCUT2D eigenvalue weighted by Gasteiger charge is -2.25. The van der Waals surface area contributed by atoms with Crippen LogP contribution < -0.4 is 10.6 Å². The molecule has 0 spiro atoms. The second-order valence-corrected chi connectivity index (χ2v) is 8.71. The third-order valence-electron chi connectivity index (χ3n) is 4.09. The highest BCUT2D eigenvalue weighted by Gasteiger charge is 2.10. The van der Waals surface area contributed by atoms with E-state index >= 15 is 0 Å². The quantitative estimate of drug-likeness (QED) is 0.225. The number of hydrogen-bond donors (Lipinski definition) is 2. The van der Waals surface area contributed by atoms with Crippen molar-refractivity contribution in [2.24, 2.45) is 4.99 Å². The fourth-order valence-electron chi connectivity index (χ4n) is 2.41. The average molecular weight is 496 g/mol. The largest absolute Gasteiger partial charge is 0.356 e. The average Bonchev–Trinajstić information content (AvgIpc) is 2.56. The highest BCUT2D eigenvalue weighted by Crippen LogP contribution is 2.07. The van der Waals surface area contributed by atoms with Crippen molar-refractivity contribution >= 4 is 39.8 Å². The number of rotatable bonds is 10. The Morgan fingerprint density at radius 2 is 1.81 bits per heavy atom. The van der Waals surface area contributed by atoms with Crippen LogP contribution in [0.4, 0.5) is 0 Å². The molecule has 1 aromatic rings. The molecule has 6 nitrogen and oxygen atoms in total. The van der Waals surface area contributed by atoms with Gasteiger partial charge in [0.05, 0.1) is 5.75 Å². The van der Waals surface area contributed by atoms with Gasteiger partial charge in [-0.3, -0.25) is 9.89 Å². The maximum Gasteiger partial charge on any atom is 0.190 e. The van der Waals surface area contributed by atoms with Crippen LogP contribution in [0.1, 0.15) is 25.3 Å². The fourth-order valence-corrected chi connectivity index (χ4v) is 3.08. The molecule has 1 rings (SSSR count). The molecule has 0 heterocycles. The number of guanidine groups is 1. The topological polar surface area (TPSA) is 73.8 Å². The van der Waals surface area contributed by atoms with Gasteiger partial charge in [0.2, 0.25) is 0 Å². The Morgan fingerprint density at radius 1 is 1.19 bits per heavy atom. The van der Waals surface area contributed by atoms with Crippen molar-refractivity contribution in [1.82, 2.24) is 15.5 Å². The molecular weight excluding hydrogens is 463 g/mol. The molecule has 1 aromatic carbocycles. The molecule has 0 amide bonds. The van der Waals surface area contributed by atoms with E-state index in [-0.39, 0.29) is 29.7 Å². The normalized spacial score (nSPS) is 13.2. The first-order valence-corrected chi connectivity index (χ1v) is 10.7. The summed E-state index contributed by atoms with van der Waals surface area (Å²) in [5.41, 5.74) is 1.31. The zero-order valence-electron chi connectivity index (χ0n) is 16.2. The second kappa shape index (κ2) is 13.3. The van der Waals surface area contributed by atoms with Gasteiger partial charge in [-0.15, -0.1) is 24.0 Å². The number of benzene rings is 1. The Labute approximate surface area is 175 Å². The molecule has 0 aliphatic rings. The molecule has 8 heteroatoms. The van der Waals surface area contributed by atoms with Crippen LogP contribution in [0.3, 0.4) is 0 Å². The molecule has 2 N–H and O–H groups in total. The minimum absolute atomic E-state index is 0. The SMILES string of the molecule is CN=C(NCCCS(C)(=O)=O)NCCC(C)N(C)Cc1ccccc1.I. The first-order valence-electron chi connectivity index (χ1n) is 8.68. The van der Waals surface area contributed by atoms with Gasteiger partial charge in [-0.05, 0) is 32.4 Å². The zero-order valence-corrected chi connectivity index (χ0v) is 19.4. The second-order valence-electron chi connectivity index (χ2n) is 6.45. The molecule has 0 fully saturated rings. The molecule has 1 unspecified atom stereocenters. The van der Waals surface area contributed by atoms with E-state index in [9.17, 15) is 8.42 Å². The van der Waals surface area contributed by atoms with Gasteiger partial charge in [-0.25, -0.2) is 8.42 Å². The summed E-state index contributed by atoms with van der Waals surface area (Å²) in [6.07, 6.45) is 2.83. The fraction of sp³-hybridized carbons (Fsp3) is 0.611. The number of nitrogens with zero attached hydrogens (tertiary/aromatic N) is 2. The van der Waals surface area contributed by atoms with E-state index < -0.39 is 9.84 Å². The Morgan fingerprint density at radius 3 is 2.38 bits per heavy atom. The number of sulfone groups is 1. The first-order chi connectivity index (χ1) is 11.8. The lowest BCUT2D eigenvalue weighted by Crippen LogP contribution is -2.40. The smallest absolute Gasteiger partial charge is 0.190 e. The number of nitrogens with one attached hydrogen (secondary N) is 2. The predicted molar refractivity (Wildman–Crippen MR) is 121 cm³/mol. The maximum absolute atomic E-state index is 11.1. The van der Waals surface area contributed by atoms with Crippen molar-refractivity contribution in [3.63, 3.8) is 0 Å². The molecule has 150 valence electrons. The molecule has 0 aromatic heterocycles. The third kappa shape index (κ3) is 11.7. The van der Waals surface area contributed by atoms with Gasteiger partial charge in [-0.2, -0.15) is 0 Å².